The summed E-state index contributed by atoms with van der Waals surface area (Å²) in [4.78, 5) is 17.5. The van der Waals surface area contributed by atoms with Gasteiger partial charge in [-0.3, -0.25) is 9.69 Å². The maximum Gasteiger partial charge on any atom is 0.257 e. The predicted molar refractivity (Wildman–Crippen MR) is 115 cm³/mol. The molecule has 30 heavy (non-hydrogen) atoms. The zero-order valence-electron chi connectivity index (χ0n) is 17.3. The van der Waals surface area contributed by atoms with E-state index in [1.807, 2.05) is 17.9 Å². The van der Waals surface area contributed by atoms with E-state index in [9.17, 15) is 9.18 Å². The summed E-state index contributed by atoms with van der Waals surface area (Å²) in [7, 11) is 0. The molecule has 4 rings (SSSR count). The Bertz CT molecular complexity index is 976. The first-order valence-corrected chi connectivity index (χ1v) is 10.5. The Labute approximate surface area is 176 Å². The molecule has 156 valence electrons. The van der Waals surface area contributed by atoms with Crippen molar-refractivity contribution in [2.45, 2.75) is 19.8 Å². The lowest BCUT2D eigenvalue weighted by Gasteiger charge is -2.34. The van der Waals surface area contributed by atoms with Crippen LogP contribution < -0.4 is 0 Å². The zero-order valence-corrected chi connectivity index (χ0v) is 17.3. The lowest BCUT2D eigenvalue weighted by Crippen LogP contribution is -2.49. The molecule has 0 atom stereocenters. The Balaban J connectivity index is 1.39. The third kappa shape index (κ3) is 4.44. The molecule has 2 aromatic carbocycles. The van der Waals surface area contributed by atoms with Gasteiger partial charge >= 0.3 is 0 Å². The van der Waals surface area contributed by atoms with Gasteiger partial charge in [0, 0.05) is 32.7 Å². The van der Waals surface area contributed by atoms with Gasteiger partial charge in [0.25, 0.3) is 5.91 Å². The SMILES string of the molecule is CCc1c(C(=O)N2CCN(CCc3ccccc3)CC2)cnn1-c1ccc(F)cc1. The zero-order chi connectivity index (χ0) is 20.9. The first kappa shape index (κ1) is 20.3. The molecule has 1 saturated heterocycles. The summed E-state index contributed by atoms with van der Waals surface area (Å²) in [6, 6.07) is 16.7. The lowest BCUT2D eigenvalue weighted by molar-refractivity contribution is 0.0637. The van der Waals surface area contributed by atoms with Crippen molar-refractivity contribution in [2.75, 3.05) is 32.7 Å². The molecule has 0 spiro atoms. The molecule has 0 saturated carbocycles. The standard InChI is InChI=1S/C24H27FN4O/c1-2-23-22(18-26-29(23)21-10-8-20(25)9-11-21)24(30)28-16-14-27(15-17-28)13-12-19-6-4-3-5-7-19/h3-11,18H,2,12-17H2,1H3. The minimum absolute atomic E-state index is 0.0305. The molecular weight excluding hydrogens is 379 g/mol. The molecular formula is C24H27FN4O. The summed E-state index contributed by atoms with van der Waals surface area (Å²) < 4.78 is 15.0. The van der Waals surface area contributed by atoms with Gasteiger partial charge in [-0.1, -0.05) is 37.3 Å². The Hall–Kier alpha value is -2.99. The van der Waals surface area contributed by atoms with Crippen LogP contribution in [0.25, 0.3) is 5.69 Å². The average Bonchev–Trinajstić information content (AvgIpc) is 3.23. The van der Waals surface area contributed by atoms with Crippen LogP contribution in [0.2, 0.25) is 0 Å². The molecule has 1 fully saturated rings. The number of amides is 1. The number of carbonyl (C=O) groups excluding carboxylic acids is 1. The fourth-order valence-electron chi connectivity index (χ4n) is 3.97. The van der Waals surface area contributed by atoms with Crippen molar-refractivity contribution in [1.82, 2.24) is 19.6 Å². The lowest BCUT2D eigenvalue weighted by atomic mass is 10.1. The van der Waals surface area contributed by atoms with Crippen molar-refractivity contribution in [3.63, 3.8) is 0 Å². The van der Waals surface area contributed by atoms with Gasteiger partial charge < -0.3 is 4.90 Å². The van der Waals surface area contributed by atoms with Gasteiger partial charge in [-0.15, -0.1) is 0 Å². The fourth-order valence-corrected chi connectivity index (χ4v) is 3.97. The smallest absolute Gasteiger partial charge is 0.257 e. The number of nitrogens with zero attached hydrogens (tertiary/aromatic N) is 4. The van der Waals surface area contributed by atoms with E-state index in [2.05, 4.69) is 34.3 Å². The van der Waals surface area contributed by atoms with E-state index in [-0.39, 0.29) is 11.7 Å². The molecule has 5 nitrogen and oxygen atoms in total. The molecule has 1 aliphatic heterocycles. The van der Waals surface area contributed by atoms with E-state index < -0.39 is 0 Å². The quantitative estimate of drug-likeness (QED) is 0.628. The maximum atomic E-state index is 13.2. The van der Waals surface area contributed by atoms with Crippen LogP contribution in [0, 0.1) is 5.82 Å². The van der Waals surface area contributed by atoms with Crippen LogP contribution >= 0.6 is 0 Å². The van der Waals surface area contributed by atoms with Crippen molar-refractivity contribution in [2.24, 2.45) is 0 Å². The van der Waals surface area contributed by atoms with Gasteiger partial charge in [-0.05, 0) is 42.7 Å². The minimum Gasteiger partial charge on any atom is -0.336 e. The molecule has 1 aromatic heterocycles. The molecule has 6 heteroatoms. The molecule has 0 bridgehead atoms. The Kier molecular flexibility index (Phi) is 6.23. The first-order valence-electron chi connectivity index (χ1n) is 10.5. The second-order valence-corrected chi connectivity index (χ2v) is 7.62. The molecule has 0 aliphatic carbocycles. The van der Waals surface area contributed by atoms with Crippen LogP contribution in [0.1, 0.15) is 28.5 Å². The molecule has 3 aromatic rings. The number of hydrogen-bond donors (Lipinski definition) is 0. The number of benzene rings is 2. The highest BCUT2D eigenvalue weighted by Crippen LogP contribution is 2.19. The monoisotopic (exact) mass is 406 g/mol. The van der Waals surface area contributed by atoms with Crippen LogP contribution in [0.5, 0.6) is 0 Å². The Morgan fingerprint density at radius 3 is 2.37 bits per heavy atom. The number of piperazine rings is 1. The van der Waals surface area contributed by atoms with E-state index >= 15 is 0 Å². The average molecular weight is 407 g/mol. The third-order valence-corrected chi connectivity index (χ3v) is 5.72. The fraction of sp³-hybridized carbons (Fsp3) is 0.333. The molecule has 2 heterocycles. The van der Waals surface area contributed by atoms with Crippen molar-refractivity contribution >= 4 is 5.91 Å². The third-order valence-electron chi connectivity index (χ3n) is 5.72. The second kappa shape index (κ2) is 9.22. The van der Waals surface area contributed by atoms with Crippen molar-refractivity contribution in [1.29, 1.82) is 0 Å². The number of halogens is 1. The molecule has 1 amide bonds. The summed E-state index contributed by atoms with van der Waals surface area (Å²) in [5, 5.41) is 4.42. The summed E-state index contributed by atoms with van der Waals surface area (Å²) in [6.07, 6.45) is 3.35. The van der Waals surface area contributed by atoms with Gasteiger partial charge in [-0.25, -0.2) is 9.07 Å². The predicted octanol–water partition coefficient (Wildman–Crippen LogP) is 3.57. The maximum absolute atomic E-state index is 13.2. The number of aromatic nitrogens is 2. The van der Waals surface area contributed by atoms with Crippen molar-refractivity contribution in [3.05, 3.63) is 83.4 Å². The summed E-state index contributed by atoms with van der Waals surface area (Å²) >= 11 is 0. The molecule has 0 unspecified atom stereocenters. The Morgan fingerprint density at radius 1 is 1.00 bits per heavy atom. The molecule has 0 N–H and O–H groups in total. The van der Waals surface area contributed by atoms with Crippen LogP contribution in [0.3, 0.4) is 0 Å². The van der Waals surface area contributed by atoms with Gasteiger partial charge in [0.2, 0.25) is 0 Å². The van der Waals surface area contributed by atoms with Crippen molar-refractivity contribution < 1.29 is 9.18 Å². The van der Waals surface area contributed by atoms with E-state index in [1.165, 1.54) is 17.7 Å². The van der Waals surface area contributed by atoms with Crippen molar-refractivity contribution in [3.8, 4) is 5.69 Å². The molecule has 1 aliphatic rings. The minimum atomic E-state index is -0.287. The van der Waals surface area contributed by atoms with Crippen LogP contribution in [-0.4, -0.2) is 58.2 Å². The number of hydrogen-bond acceptors (Lipinski definition) is 3. The van der Waals surface area contributed by atoms with Crippen LogP contribution in [-0.2, 0) is 12.8 Å². The first-order chi connectivity index (χ1) is 14.7. The van der Waals surface area contributed by atoms with E-state index in [1.54, 1.807) is 23.0 Å². The topological polar surface area (TPSA) is 41.4 Å². The number of rotatable bonds is 6. The van der Waals surface area contributed by atoms with Gasteiger partial charge in [-0.2, -0.15) is 5.10 Å². The van der Waals surface area contributed by atoms with E-state index in [4.69, 9.17) is 0 Å². The molecule has 0 radical (unpaired) electrons. The normalized spacial score (nSPS) is 14.8. The number of carbonyl (C=O) groups is 1. The highest BCUT2D eigenvalue weighted by Gasteiger charge is 2.25. The summed E-state index contributed by atoms with van der Waals surface area (Å²) in [6.45, 7) is 6.22. The second-order valence-electron chi connectivity index (χ2n) is 7.62. The van der Waals surface area contributed by atoms with E-state index in [0.29, 0.717) is 12.0 Å². The van der Waals surface area contributed by atoms with E-state index in [0.717, 1.165) is 50.5 Å². The highest BCUT2D eigenvalue weighted by molar-refractivity contribution is 5.95. The largest absolute Gasteiger partial charge is 0.336 e. The van der Waals surface area contributed by atoms with Gasteiger partial charge in [0.15, 0.2) is 0 Å². The summed E-state index contributed by atoms with van der Waals surface area (Å²) in [5.74, 6) is -0.256. The highest BCUT2D eigenvalue weighted by atomic mass is 19.1. The van der Waals surface area contributed by atoms with Gasteiger partial charge in [0.05, 0.1) is 23.1 Å². The Morgan fingerprint density at radius 2 is 1.70 bits per heavy atom. The van der Waals surface area contributed by atoms with Crippen LogP contribution in [0.4, 0.5) is 4.39 Å². The summed E-state index contributed by atoms with van der Waals surface area (Å²) in [5.41, 5.74) is 3.60. The van der Waals surface area contributed by atoms with Crippen LogP contribution in [0.15, 0.2) is 60.8 Å². The van der Waals surface area contributed by atoms with Gasteiger partial charge in [0.1, 0.15) is 5.82 Å².